The van der Waals surface area contributed by atoms with E-state index in [1.807, 2.05) is 0 Å². The number of carbonyl (C=O) groups excluding carboxylic acids is 1. The Morgan fingerprint density at radius 2 is 2.12 bits per heavy atom. The number of urea groups is 1. The summed E-state index contributed by atoms with van der Waals surface area (Å²) in [4.78, 5) is 15.0. The molecule has 0 spiro atoms. The Morgan fingerprint density at radius 1 is 1.29 bits per heavy atom. The van der Waals surface area contributed by atoms with Crippen LogP contribution in [0.5, 0.6) is 0 Å². The Balaban J connectivity index is 2.03. The molecule has 1 heterocycles. The highest BCUT2D eigenvalue weighted by Gasteiger charge is 2.08. The van der Waals surface area contributed by atoms with E-state index < -0.39 is 17.7 Å². The van der Waals surface area contributed by atoms with Gasteiger partial charge in [-0.15, -0.1) is 0 Å². The van der Waals surface area contributed by atoms with E-state index in [1.54, 1.807) is 0 Å². The van der Waals surface area contributed by atoms with Gasteiger partial charge in [0.15, 0.2) is 0 Å². The first-order valence-electron chi connectivity index (χ1n) is 4.53. The van der Waals surface area contributed by atoms with Gasteiger partial charge in [-0.1, -0.05) is 0 Å². The zero-order chi connectivity index (χ0) is 12.3. The summed E-state index contributed by atoms with van der Waals surface area (Å²) in [7, 11) is 0. The normalized spacial score (nSPS) is 10.0. The molecular formula is C9H7F2N5O. The number of benzene rings is 1. The lowest BCUT2D eigenvalue weighted by Crippen LogP contribution is -2.20. The molecule has 0 aliphatic rings. The molecule has 17 heavy (non-hydrogen) atoms. The molecule has 2 rings (SSSR count). The molecule has 0 saturated carbocycles. The summed E-state index contributed by atoms with van der Waals surface area (Å²) in [6.45, 7) is 0. The van der Waals surface area contributed by atoms with Gasteiger partial charge >= 0.3 is 6.03 Å². The molecule has 88 valence electrons. The zero-order valence-corrected chi connectivity index (χ0v) is 8.37. The van der Waals surface area contributed by atoms with Gasteiger partial charge in [-0.05, 0) is 12.1 Å². The molecule has 1 aromatic heterocycles. The monoisotopic (exact) mass is 239 g/mol. The summed E-state index contributed by atoms with van der Waals surface area (Å²) in [6.07, 6.45) is 1.20. The number of nitrogens with one attached hydrogen (secondary N) is 3. The molecule has 0 radical (unpaired) electrons. The first kappa shape index (κ1) is 11.0. The Kier molecular flexibility index (Phi) is 2.95. The number of hydrogen-bond donors (Lipinski definition) is 3. The lowest BCUT2D eigenvalue weighted by molar-refractivity contribution is 0.262. The maximum Gasteiger partial charge on any atom is 0.326 e. The zero-order valence-electron chi connectivity index (χ0n) is 8.37. The van der Waals surface area contributed by atoms with Crippen molar-refractivity contribution in [2.45, 2.75) is 0 Å². The van der Waals surface area contributed by atoms with Crippen molar-refractivity contribution in [3.63, 3.8) is 0 Å². The predicted octanol–water partition coefficient (Wildman–Crippen LogP) is 1.73. The van der Waals surface area contributed by atoms with Gasteiger partial charge in [-0.25, -0.2) is 18.7 Å². The van der Waals surface area contributed by atoms with Gasteiger partial charge in [0.05, 0.1) is 5.69 Å². The molecule has 1 aromatic carbocycles. The summed E-state index contributed by atoms with van der Waals surface area (Å²) in [5.41, 5.74) is -0.136. The SMILES string of the molecule is O=C(Nc1ncn[nH]1)Nc1ccc(F)cc1F. The fraction of sp³-hybridized carbons (Fsp3) is 0. The molecule has 0 atom stereocenters. The maximum absolute atomic E-state index is 13.2. The van der Waals surface area contributed by atoms with Crippen LogP contribution < -0.4 is 10.6 Å². The van der Waals surface area contributed by atoms with Crippen molar-refractivity contribution < 1.29 is 13.6 Å². The van der Waals surface area contributed by atoms with Crippen LogP contribution in [0.3, 0.4) is 0 Å². The van der Waals surface area contributed by atoms with Crippen LogP contribution in [0.2, 0.25) is 0 Å². The van der Waals surface area contributed by atoms with Crippen molar-refractivity contribution in [2.75, 3.05) is 10.6 Å². The van der Waals surface area contributed by atoms with E-state index in [-0.39, 0.29) is 11.6 Å². The van der Waals surface area contributed by atoms with Gasteiger partial charge in [-0.2, -0.15) is 10.1 Å². The molecule has 6 nitrogen and oxygen atoms in total. The molecule has 8 heteroatoms. The van der Waals surface area contributed by atoms with Crippen LogP contribution in [0.25, 0.3) is 0 Å². The van der Waals surface area contributed by atoms with E-state index >= 15 is 0 Å². The number of hydrogen-bond acceptors (Lipinski definition) is 3. The number of anilines is 2. The van der Waals surface area contributed by atoms with Gasteiger partial charge in [0.25, 0.3) is 0 Å². The molecule has 3 N–H and O–H groups in total. The summed E-state index contributed by atoms with van der Waals surface area (Å²) in [5, 5.41) is 10.4. The quantitative estimate of drug-likeness (QED) is 0.746. The van der Waals surface area contributed by atoms with Crippen molar-refractivity contribution >= 4 is 17.7 Å². The van der Waals surface area contributed by atoms with Crippen LogP contribution in [0.4, 0.5) is 25.2 Å². The van der Waals surface area contributed by atoms with Crippen LogP contribution in [-0.2, 0) is 0 Å². The summed E-state index contributed by atoms with van der Waals surface area (Å²) < 4.78 is 25.8. The van der Waals surface area contributed by atoms with Crippen molar-refractivity contribution in [3.05, 3.63) is 36.2 Å². The van der Waals surface area contributed by atoms with Crippen molar-refractivity contribution in [3.8, 4) is 0 Å². The Morgan fingerprint density at radius 3 is 2.76 bits per heavy atom. The molecule has 0 aliphatic heterocycles. The minimum absolute atomic E-state index is 0.116. The van der Waals surface area contributed by atoms with Crippen LogP contribution in [0.15, 0.2) is 24.5 Å². The minimum Gasteiger partial charge on any atom is -0.305 e. The number of aromatic nitrogens is 3. The third kappa shape index (κ3) is 2.74. The van der Waals surface area contributed by atoms with Crippen LogP contribution in [0, 0.1) is 11.6 Å². The van der Waals surface area contributed by atoms with Gasteiger partial charge in [0.1, 0.15) is 18.0 Å². The number of amides is 2. The number of nitrogens with zero attached hydrogens (tertiary/aromatic N) is 2. The maximum atomic E-state index is 13.2. The van der Waals surface area contributed by atoms with E-state index in [0.29, 0.717) is 6.07 Å². The lowest BCUT2D eigenvalue weighted by Gasteiger charge is -2.06. The number of rotatable bonds is 2. The van der Waals surface area contributed by atoms with Gasteiger partial charge < -0.3 is 5.32 Å². The van der Waals surface area contributed by atoms with Gasteiger partial charge in [0.2, 0.25) is 5.95 Å². The van der Waals surface area contributed by atoms with E-state index in [1.165, 1.54) is 6.33 Å². The first-order valence-corrected chi connectivity index (χ1v) is 4.53. The highest BCUT2D eigenvalue weighted by Crippen LogP contribution is 2.14. The van der Waals surface area contributed by atoms with Crippen LogP contribution in [0.1, 0.15) is 0 Å². The smallest absolute Gasteiger partial charge is 0.305 e. The standard InChI is InChI=1S/C9H7F2N5O/c10-5-1-2-7(6(11)3-5)14-9(17)15-8-12-4-13-16-8/h1-4H,(H3,12,13,14,15,16,17). The van der Waals surface area contributed by atoms with Crippen molar-refractivity contribution in [1.82, 2.24) is 15.2 Å². The van der Waals surface area contributed by atoms with E-state index in [2.05, 4.69) is 25.8 Å². The van der Waals surface area contributed by atoms with Crippen LogP contribution >= 0.6 is 0 Å². The number of carbonyl (C=O) groups is 1. The predicted molar refractivity (Wildman–Crippen MR) is 55.4 cm³/mol. The third-order valence-electron chi connectivity index (χ3n) is 1.83. The van der Waals surface area contributed by atoms with Gasteiger partial charge in [-0.3, -0.25) is 5.32 Å². The van der Waals surface area contributed by atoms with E-state index in [9.17, 15) is 13.6 Å². The van der Waals surface area contributed by atoms with Crippen molar-refractivity contribution in [1.29, 1.82) is 0 Å². The lowest BCUT2D eigenvalue weighted by atomic mass is 10.3. The molecule has 0 bridgehead atoms. The number of H-pyrrole nitrogens is 1. The highest BCUT2D eigenvalue weighted by molar-refractivity contribution is 5.98. The average molecular weight is 239 g/mol. The van der Waals surface area contributed by atoms with E-state index in [0.717, 1.165) is 12.1 Å². The first-order chi connectivity index (χ1) is 8.15. The van der Waals surface area contributed by atoms with E-state index in [4.69, 9.17) is 0 Å². The molecule has 0 fully saturated rings. The highest BCUT2D eigenvalue weighted by atomic mass is 19.1. The Bertz CT molecular complexity index is 528. The summed E-state index contributed by atoms with van der Waals surface area (Å²) in [6, 6.07) is 2.11. The summed E-state index contributed by atoms with van der Waals surface area (Å²) >= 11 is 0. The topological polar surface area (TPSA) is 82.7 Å². The molecular weight excluding hydrogens is 232 g/mol. The Labute approximate surface area is 94.1 Å². The Hall–Kier alpha value is -2.51. The van der Waals surface area contributed by atoms with Crippen LogP contribution in [-0.4, -0.2) is 21.2 Å². The fourth-order valence-electron chi connectivity index (χ4n) is 1.12. The van der Waals surface area contributed by atoms with Gasteiger partial charge in [0, 0.05) is 6.07 Å². The molecule has 0 saturated heterocycles. The minimum atomic E-state index is -0.863. The third-order valence-corrected chi connectivity index (χ3v) is 1.83. The summed E-state index contributed by atoms with van der Waals surface area (Å²) in [5.74, 6) is -1.47. The molecule has 2 amide bonds. The number of halogens is 2. The number of aromatic amines is 1. The average Bonchev–Trinajstić information content (AvgIpc) is 2.75. The second-order valence-electron chi connectivity index (χ2n) is 3.04. The molecule has 0 aliphatic carbocycles. The second-order valence-corrected chi connectivity index (χ2v) is 3.04. The second kappa shape index (κ2) is 4.56. The fourth-order valence-corrected chi connectivity index (χ4v) is 1.12. The largest absolute Gasteiger partial charge is 0.326 e. The molecule has 0 unspecified atom stereocenters. The molecule has 2 aromatic rings. The van der Waals surface area contributed by atoms with Crippen molar-refractivity contribution in [2.24, 2.45) is 0 Å².